The highest BCUT2D eigenvalue weighted by molar-refractivity contribution is 7.91. The number of carbonyl (C=O) groups excluding carboxylic acids is 1. The van der Waals surface area contributed by atoms with E-state index < -0.39 is 9.84 Å². The summed E-state index contributed by atoms with van der Waals surface area (Å²) in [6, 6.07) is 14.4. The molecule has 0 saturated carbocycles. The van der Waals surface area contributed by atoms with E-state index in [1.54, 1.807) is 29.2 Å². The van der Waals surface area contributed by atoms with Gasteiger partial charge in [0.1, 0.15) is 11.5 Å². The van der Waals surface area contributed by atoms with Crippen molar-refractivity contribution in [3.63, 3.8) is 0 Å². The largest absolute Gasteiger partial charge is 0.494 e. The Morgan fingerprint density at radius 1 is 1.03 bits per heavy atom. The zero-order valence-corrected chi connectivity index (χ0v) is 19.9. The predicted octanol–water partition coefficient (Wildman–Crippen LogP) is 4.34. The van der Waals surface area contributed by atoms with Crippen molar-refractivity contribution in [2.24, 2.45) is 5.92 Å². The van der Waals surface area contributed by atoms with E-state index in [-0.39, 0.29) is 23.5 Å². The van der Waals surface area contributed by atoms with Crippen LogP contribution in [0.2, 0.25) is 0 Å². The summed E-state index contributed by atoms with van der Waals surface area (Å²) >= 11 is 0. The summed E-state index contributed by atoms with van der Waals surface area (Å²) in [7, 11) is -3.12. The smallest absolute Gasteiger partial charge is 0.254 e. The maximum absolute atomic E-state index is 13.4. The van der Waals surface area contributed by atoms with Crippen LogP contribution in [0.1, 0.15) is 49.5 Å². The zero-order valence-electron chi connectivity index (χ0n) is 19.1. The van der Waals surface area contributed by atoms with Gasteiger partial charge >= 0.3 is 0 Å². The highest BCUT2D eigenvalue weighted by Gasteiger charge is 2.35. The molecule has 0 N–H and O–H groups in total. The summed E-state index contributed by atoms with van der Waals surface area (Å²) in [5, 5.41) is 0. The van der Waals surface area contributed by atoms with E-state index in [0.717, 1.165) is 17.7 Å². The van der Waals surface area contributed by atoms with Gasteiger partial charge in [-0.2, -0.15) is 0 Å². The number of hydrogen-bond acceptors (Lipinski definition) is 5. The highest BCUT2D eigenvalue weighted by Crippen LogP contribution is 2.24. The van der Waals surface area contributed by atoms with Crippen molar-refractivity contribution in [1.82, 2.24) is 4.90 Å². The number of ether oxygens (including phenoxy) is 2. The number of hydrogen-bond donors (Lipinski definition) is 0. The molecule has 6 nitrogen and oxygen atoms in total. The minimum atomic E-state index is -3.12. The van der Waals surface area contributed by atoms with E-state index in [0.29, 0.717) is 43.4 Å². The van der Waals surface area contributed by atoms with Gasteiger partial charge in [-0.15, -0.1) is 0 Å². The lowest BCUT2D eigenvalue weighted by Crippen LogP contribution is -2.40. The maximum Gasteiger partial charge on any atom is 0.254 e. The molecule has 0 radical (unpaired) electrons. The summed E-state index contributed by atoms with van der Waals surface area (Å²) in [5.41, 5.74) is 1.46. The molecule has 2 aromatic rings. The van der Waals surface area contributed by atoms with Crippen LogP contribution >= 0.6 is 0 Å². The Morgan fingerprint density at radius 3 is 2.22 bits per heavy atom. The van der Waals surface area contributed by atoms with Gasteiger partial charge in [0.2, 0.25) is 0 Å². The molecule has 0 spiro atoms. The molecule has 3 rings (SSSR count). The predicted molar refractivity (Wildman–Crippen MR) is 126 cm³/mol. The fraction of sp³-hybridized carbons (Fsp3) is 0.480. The van der Waals surface area contributed by atoms with Crippen molar-refractivity contribution < 1.29 is 22.7 Å². The zero-order chi connectivity index (χ0) is 23.1. The number of rotatable bonds is 10. The van der Waals surface area contributed by atoms with Crippen LogP contribution in [-0.4, -0.2) is 50.0 Å². The summed E-state index contributed by atoms with van der Waals surface area (Å²) in [5.74, 6) is 1.87. The van der Waals surface area contributed by atoms with Crippen molar-refractivity contribution >= 4 is 15.7 Å². The van der Waals surface area contributed by atoms with Gasteiger partial charge in [0, 0.05) is 18.2 Å². The van der Waals surface area contributed by atoms with Gasteiger partial charge in [-0.3, -0.25) is 4.79 Å². The van der Waals surface area contributed by atoms with Crippen LogP contribution in [0.3, 0.4) is 0 Å². The Hall–Kier alpha value is -2.54. The van der Waals surface area contributed by atoms with Crippen LogP contribution in [0.4, 0.5) is 0 Å². The summed E-state index contributed by atoms with van der Waals surface area (Å²) in [6.45, 7) is 7.81. The third-order valence-electron chi connectivity index (χ3n) is 5.34. The molecule has 1 aliphatic rings. The average Bonchev–Trinajstić information content (AvgIpc) is 3.14. The molecule has 1 fully saturated rings. The van der Waals surface area contributed by atoms with Crippen LogP contribution in [-0.2, 0) is 16.4 Å². The molecule has 0 aliphatic carbocycles. The standard InChI is InChI=1S/C25H33NO5S/c1-4-14-30-23-9-5-20(6-10-23)16-26(22-13-15-32(28,29)18-22)25(27)21-7-11-24(12-8-21)31-17-19(2)3/h5-12,19,22H,4,13-18H2,1-3H3/t22-/m1/s1. The lowest BCUT2D eigenvalue weighted by Gasteiger charge is -2.28. The van der Waals surface area contributed by atoms with Crippen molar-refractivity contribution in [3.8, 4) is 11.5 Å². The van der Waals surface area contributed by atoms with Gasteiger partial charge in [0.25, 0.3) is 5.91 Å². The highest BCUT2D eigenvalue weighted by atomic mass is 32.2. The summed E-state index contributed by atoms with van der Waals surface area (Å²) < 4.78 is 35.5. The van der Waals surface area contributed by atoms with E-state index in [2.05, 4.69) is 20.8 Å². The Labute approximate surface area is 191 Å². The monoisotopic (exact) mass is 459 g/mol. The summed E-state index contributed by atoms with van der Waals surface area (Å²) in [6.07, 6.45) is 1.39. The Kier molecular flexibility index (Phi) is 8.18. The molecule has 1 atom stereocenters. The number of carbonyl (C=O) groups is 1. The van der Waals surface area contributed by atoms with E-state index in [1.807, 2.05) is 24.3 Å². The third-order valence-corrected chi connectivity index (χ3v) is 7.09. The van der Waals surface area contributed by atoms with Gasteiger partial charge in [-0.25, -0.2) is 8.42 Å². The second-order valence-electron chi connectivity index (χ2n) is 8.71. The Bertz CT molecular complexity index is 984. The van der Waals surface area contributed by atoms with Crippen LogP contribution in [0.15, 0.2) is 48.5 Å². The number of amides is 1. The van der Waals surface area contributed by atoms with E-state index in [4.69, 9.17) is 9.47 Å². The van der Waals surface area contributed by atoms with Gasteiger partial charge in [-0.05, 0) is 60.7 Å². The van der Waals surface area contributed by atoms with Crippen LogP contribution in [0.25, 0.3) is 0 Å². The van der Waals surface area contributed by atoms with Crippen molar-refractivity contribution in [1.29, 1.82) is 0 Å². The number of benzene rings is 2. The molecule has 32 heavy (non-hydrogen) atoms. The number of sulfone groups is 1. The quantitative estimate of drug-likeness (QED) is 0.528. The lowest BCUT2D eigenvalue weighted by molar-refractivity contribution is 0.0681. The molecule has 0 unspecified atom stereocenters. The van der Waals surface area contributed by atoms with Crippen molar-refractivity contribution in [3.05, 3.63) is 59.7 Å². The number of nitrogens with zero attached hydrogens (tertiary/aromatic N) is 1. The minimum Gasteiger partial charge on any atom is -0.494 e. The lowest BCUT2D eigenvalue weighted by atomic mass is 10.1. The molecule has 0 bridgehead atoms. The first kappa shape index (κ1) is 24.1. The normalized spacial score (nSPS) is 17.3. The van der Waals surface area contributed by atoms with Crippen LogP contribution < -0.4 is 9.47 Å². The van der Waals surface area contributed by atoms with Gasteiger partial charge in [-0.1, -0.05) is 32.9 Å². The second-order valence-corrected chi connectivity index (χ2v) is 10.9. The van der Waals surface area contributed by atoms with Gasteiger partial charge in [0.15, 0.2) is 9.84 Å². The minimum absolute atomic E-state index is 0.00597. The first-order valence-electron chi connectivity index (χ1n) is 11.2. The molecule has 0 aromatic heterocycles. The van der Waals surface area contributed by atoms with Gasteiger partial charge < -0.3 is 14.4 Å². The first-order chi connectivity index (χ1) is 15.3. The SMILES string of the molecule is CCCOc1ccc(CN(C(=O)c2ccc(OCC(C)C)cc2)[C@@H]2CCS(=O)(=O)C2)cc1. The fourth-order valence-corrected chi connectivity index (χ4v) is 5.35. The third kappa shape index (κ3) is 6.73. The maximum atomic E-state index is 13.4. The van der Waals surface area contributed by atoms with E-state index in [9.17, 15) is 13.2 Å². The molecule has 2 aromatic carbocycles. The molecule has 7 heteroatoms. The molecule has 1 saturated heterocycles. The second kappa shape index (κ2) is 10.9. The molecular weight excluding hydrogens is 426 g/mol. The molecule has 1 aliphatic heterocycles. The van der Waals surface area contributed by atoms with Crippen molar-refractivity contribution in [2.45, 2.75) is 46.2 Å². The Morgan fingerprint density at radius 2 is 1.66 bits per heavy atom. The summed E-state index contributed by atoms with van der Waals surface area (Å²) in [4.78, 5) is 15.1. The van der Waals surface area contributed by atoms with E-state index >= 15 is 0 Å². The molecular formula is C25H33NO5S. The topological polar surface area (TPSA) is 72.9 Å². The van der Waals surface area contributed by atoms with Crippen molar-refractivity contribution in [2.75, 3.05) is 24.7 Å². The molecule has 1 heterocycles. The van der Waals surface area contributed by atoms with Crippen LogP contribution in [0.5, 0.6) is 11.5 Å². The van der Waals surface area contributed by atoms with E-state index in [1.165, 1.54) is 0 Å². The van der Waals surface area contributed by atoms with Gasteiger partial charge in [0.05, 0.1) is 24.7 Å². The van der Waals surface area contributed by atoms with Crippen LogP contribution in [0, 0.1) is 5.92 Å². The first-order valence-corrected chi connectivity index (χ1v) is 13.1. The Balaban J connectivity index is 1.77. The average molecular weight is 460 g/mol. The molecule has 174 valence electrons. The molecule has 1 amide bonds. The fourth-order valence-electron chi connectivity index (χ4n) is 3.62.